The molecule has 4 rings (SSSR count). The molecule has 2 aliphatic rings. The average molecular weight is 326 g/mol. The number of aromatic nitrogens is 4. The summed E-state index contributed by atoms with van der Waals surface area (Å²) in [4.78, 5) is 15.8. The molecule has 7 heteroatoms. The van der Waals surface area contributed by atoms with Gasteiger partial charge in [0.25, 0.3) is 0 Å². The van der Waals surface area contributed by atoms with Crippen LogP contribution in [-0.4, -0.2) is 57.2 Å². The molecule has 1 N–H and O–H groups in total. The molecule has 2 fully saturated rings. The van der Waals surface area contributed by atoms with E-state index >= 15 is 0 Å². The maximum atomic E-state index is 12.5. The SMILES string of the molecule is O=C(Cn1nnc(-c2ccccc2)n1)N1CCC2(CCNC2)CC1. The van der Waals surface area contributed by atoms with Gasteiger partial charge in [0.15, 0.2) is 0 Å². The monoisotopic (exact) mass is 326 g/mol. The number of tetrazole rings is 1. The fraction of sp³-hybridized carbons (Fsp3) is 0.529. The van der Waals surface area contributed by atoms with Crippen molar-refractivity contribution in [1.82, 2.24) is 30.4 Å². The van der Waals surface area contributed by atoms with E-state index in [1.807, 2.05) is 35.2 Å². The van der Waals surface area contributed by atoms with Crippen molar-refractivity contribution < 1.29 is 4.79 Å². The minimum Gasteiger partial charge on any atom is -0.341 e. The Bertz CT molecular complexity index is 697. The Kier molecular flexibility index (Phi) is 4.02. The van der Waals surface area contributed by atoms with Crippen LogP contribution in [-0.2, 0) is 11.3 Å². The van der Waals surface area contributed by atoms with E-state index < -0.39 is 0 Å². The van der Waals surface area contributed by atoms with Crippen LogP contribution in [0.1, 0.15) is 19.3 Å². The number of benzene rings is 1. The van der Waals surface area contributed by atoms with Crippen LogP contribution in [0.2, 0.25) is 0 Å². The molecular formula is C17H22N6O. The summed E-state index contributed by atoms with van der Waals surface area (Å²) >= 11 is 0. The van der Waals surface area contributed by atoms with Crippen LogP contribution in [0, 0.1) is 5.41 Å². The van der Waals surface area contributed by atoms with Gasteiger partial charge in [-0.15, -0.1) is 10.2 Å². The minimum absolute atomic E-state index is 0.0767. The molecule has 126 valence electrons. The maximum Gasteiger partial charge on any atom is 0.246 e. The lowest BCUT2D eigenvalue weighted by Crippen LogP contribution is -2.45. The van der Waals surface area contributed by atoms with E-state index in [0.29, 0.717) is 11.2 Å². The molecular weight excluding hydrogens is 304 g/mol. The van der Waals surface area contributed by atoms with Gasteiger partial charge in [-0.05, 0) is 36.4 Å². The lowest BCUT2D eigenvalue weighted by Gasteiger charge is -2.38. The molecule has 2 saturated heterocycles. The van der Waals surface area contributed by atoms with Crippen LogP contribution < -0.4 is 5.32 Å². The summed E-state index contributed by atoms with van der Waals surface area (Å²) < 4.78 is 0. The van der Waals surface area contributed by atoms with E-state index in [1.165, 1.54) is 11.2 Å². The van der Waals surface area contributed by atoms with Gasteiger partial charge < -0.3 is 10.2 Å². The van der Waals surface area contributed by atoms with Gasteiger partial charge in [0.2, 0.25) is 11.7 Å². The summed E-state index contributed by atoms with van der Waals surface area (Å²) in [5, 5.41) is 15.8. The normalized spacial score (nSPS) is 19.8. The molecule has 0 atom stereocenters. The van der Waals surface area contributed by atoms with E-state index in [-0.39, 0.29) is 12.5 Å². The average Bonchev–Trinajstić information content (AvgIpc) is 3.26. The lowest BCUT2D eigenvalue weighted by molar-refractivity contribution is -0.134. The van der Waals surface area contributed by atoms with E-state index in [1.54, 1.807) is 0 Å². The van der Waals surface area contributed by atoms with Gasteiger partial charge in [0.1, 0.15) is 6.54 Å². The molecule has 0 saturated carbocycles. The molecule has 7 nitrogen and oxygen atoms in total. The first kappa shape index (κ1) is 15.3. The molecule has 1 amide bonds. The van der Waals surface area contributed by atoms with Crippen LogP contribution in [0.15, 0.2) is 30.3 Å². The van der Waals surface area contributed by atoms with E-state index in [4.69, 9.17) is 0 Å². The highest BCUT2D eigenvalue weighted by molar-refractivity contribution is 5.75. The van der Waals surface area contributed by atoms with Crippen molar-refractivity contribution in [2.75, 3.05) is 26.2 Å². The Labute approximate surface area is 141 Å². The van der Waals surface area contributed by atoms with Crippen molar-refractivity contribution in [3.63, 3.8) is 0 Å². The largest absolute Gasteiger partial charge is 0.341 e. The Morgan fingerprint density at radius 1 is 1.17 bits per heavy atom. The summed E-state index contributed by atoms with van der Waals surface area (Å²) in [5.41, 5.74) is 1.33. The first-order valence-corrected chi connectivity index (χ1v) is 8.56. The quantitative estimate of drug-likeness (QED) is 0.908. The summed E-state index contributed by atoms with van der Waals surface area (Å²) in [5.74, 6) is 0.630. The third-order valence-electron chi connectivity index (χ3n) is 5.27. The highest BCUT2D eigenvalue weighted by Gasteiger charge is 2.38. The number of hydrogen-bond donors (Lipinski definition) is 1. The fourth-order valence-electron chi connectivity index (χ4n) is 3.69. The Hall–Kier alpha value is -2.28. The van der Waals surface area contributed by atoms with Gasteiger partial charge in [0, 0.05) is 25.2 Å². The molecule has 3 heterocycles. The zero-order valence-electron chi connectivity index (χ0n) is 13.7. The zero-order valence-corrected chi connectivity index (χ0v) is 13.7. The molecule has 0 radical (unpaired) electrons. The van der Waals surface area contributed by atoms with Crippen molar-refractivity contribution in [3.05, 3.63) is 30.3 Å². The van der Waals surface area contributed by atoms with Crippen LogP contribution in [0.25, 0.3) is 11.4 Å². The van der Waals surface area contributed by atoms with Crippen molar-refractivity contribution in [3.8, 4) is 11.4 Å². The Morgan fingerprint density at radius 2 is 1.96 bits per heavy atom. The van der Waals surface area contributed by atoms with Crippen LogP contribution in [0.5, 0.6) is 0 Å². The minimum atomic E-state index is 0.0767. The van der Waals surface area contributed by atoms with Gasteiger partial charge in [-0.2, -0.15) is 4.80 Å². The first-order valence-electron chi connectivity index (χ1n) is 8.56. The van der Waals surface area contributed by atoms with Gasteiger partial charge in [-0.25, -0.2) is 0 Å². The second-order valence-corrected chi connectivity index (χ2v) is 6.82. The first-order chi connectivity index (χ1) is 11.7. The zero-order chi connectivity index (χ0) is 16.4. The number of carbonyl (C=O) groups is 1. The second kappa shape index (κ2) is 6.32. The molecule has 1 aromatic heterocycles. The van der Waals surface area contributed by atoms with E-state index in [2.05, 4.69) is 20.7 Å². The van der Waals surface area contributed by atoms with E-state index in [0.717, 1.165) is 44.6 Å². The molecule has 0 unspecified atom stereocenters. The molecule has 0 aliphatic carbocycles. The van der Waals surface area contributed by atoms with Crippen molar-refractivity contribution in [2.24, 2.45) is 5.41 Å². The number of piperidine rings is 1. The third-order valence-corrected chi connectivity index (χ3v) is 5.27. The molecule has 0 bridgehead atoms. The highest BCUT2D eigenvalue weighted by Crippen LogP contribution is 2.36. The standard InChI is InChI=1S/C17H22N6O/c24-15(22-10-7-17(8-11-22)6-9-18-13-17)12-23-20-16(19-21-23)14-4-2-1-3-5-14/h1-5,18H,6-13H2. The van der Waals surface area contributed by atoms with Crippen molar-refractivity contribution >= 4 is 5.91 Å². The van der Waals surface area contributed by atoms with Gasteiger partial charge in [-0.1, -0.05) is 30.3 Å². The van der Waals surface area contributed by atoms with Crippen LogP contribution >= 0.6 is 0 Å². The highest BCUT2D eigenvalue weighted by atomic mass is 16.2. The summed E-state index contributed by atoms with van der Waals surface area (Å²) in [6.07, 6.45) is 3.41. The molecule has 1 spiro atoms. The number of hydrogen-bond acceptors (Lipinski definition) is 5. The molecule has 24 heavy (non-hydrogen) atoms. The second-order valence-electron chi connectivity index (χ2n) is 6.82. The van der Waals surface area contributed by atoms with Crippen LogP contribution in [0.3, 0.4) is 0 Å². The fourth-order valence-corrected chi connectivity index (χ4v) is 3.69. The smallest absolute Gasteiger partial charge is 0.246 e. The van der Waals surface area contributed by atoms with Crippen LogP contribution in [0.4, 0.5) is 0 Å². The molecule has 1 aromatic carbocycles. The number of likely N-dealkylation sites (tertiary alicyclic amines) is 1. The summed E-state index contributed by atoms with van der Waals surface area (Å²) in [6, 6.07) is 9.68. The lowest BCUT2D eigenvalue weighted by atomic mass is 9.78. The third kappa shape index (κ3) is 3.03. The predicted molar refractivity (Wildman–Crippen MR) is 89.0 cm³/mol. The Balaban J connectivity index is 1.36. The van der Waals surface area contributed by atoms with Gasteiger partial charge in [-0.3, -0.25) is 4.79 Å². The molecule has 2 aromatic rings. The number of amides is 1. The summed E-state index contributed by atoms with van der Waals surface area (Å²) in [7, 11) is 0. The molecule has 2 aliphatic heterocycles. The van der Waals surface area contributed by atoms with E-state index in [9.17, 15) is 4.79 Å². The predicted octanol–water partition coefficient (Wildman–Crippen LogP) is 0.942. The number of nitrogens with zero attached hydrogens (tertiary/aromatic N) is 5. The number of rotatable bonds is 3. The topological polar surface area (TPSA) is 75.9 Å². The van der Waals surface area contributed by atoms with Crippen molar-refractivity contribution in [2.45, 2.75) is 25.8 Å². The number of carbonyl (C=O) groups excluding carboxylic acids is 1. The summed E-state index contributed by atoms with van der Waals surface area (Å²) in [6.45, 7) is 4.03. The Morgan fingerprint density at radius 3 is 2.67 bits per heavy atom. The number of nitrogens with one attached hydrogen (secondary N) is 1. The van der Waals surface area contributed by atoms with Gasteiger partial charge in [0.05, 0.1) is 0 Å². The van der Waals surface area contributed by atoms with Crippen molar-refractivity contribution in [1.29, 1.82) is 0 Å². The maximum absolute atomic E-state index is 12.5. The van der Waals surface area contributed by atoms with Gasteiger partial charge >= 0.3 is 0 Å².